The molecule has 0 saturated heterocycles. The number of fused-ring (bicyclic) bond motifs is 3. The van der Waals surface area contributed by atoms with Crippen LogP contribution in [0.2, 0.25) is 0 Å². The molecule has 134 valence electrons. The van der Waals surface area contributed by atoms with Gasteiger partial charge < -0.3 is 19.3 Å². The molecule has 1 saturated carbocycles. The normalized spacial score (nSPS) is 25.8. The van der Waals surface area contributed by atoms with E-state index in [-0.39, 0.29) is 12.7 Å². The zero-order valence-electron chi connectivity index (χ0n) is 15.0. The number of hydrogen-bond acceptors (Lipinski definition) is 4. The second-order valence-electron chi connectivity index (χ2n) is 7.64. The third-order valence-electron chi connectivity index (χ3n) is 5.54. The summed E-state index contributed by atoms with van der Waals surface area (Å²) >= 11 is 0. The highest BCUT2D eigenvalue weighted by atomic mass is 16.7. The zero-order valence-corrected chi connectivity index (χ0v) is 15.0. The van der Waals surface area contributed by atoms with Crippen LogP contribution in [-0.2, 0) is 11.3 Å². The first kappa shape index (κ1) is 16.5. The van der Waals surface area contributed by atoms with Crippen molar-refractivity contribution in [1.29, 1.82) is 0 Å². The number of amides is 1. The third kappa shape index (κ3) is 3.38. The van der Waals surface area contributed by atoms with Crippen LogP contribution < -0.4 is 9.47 Å². The topological polar surface area (TPSA) is 42.0 Å². The van der Waals surface area contributed by atoms with E-state index in [4.69, 9.17) is 9.47 Å². The molecule has 5 nitrogen and oxygen atoms in total. The van der Waals surface area contributed by atoms with Crippen molar-refractivity contribution >= 4 is 5.91 Å². The van der Waals surface area contributed by atoms with Crippen molar-refractivity contribution in [2.75, 3.05) is 34.0 Å². The molecule has 25 heavy (non-hydrogen) atoms. The fraction of sp³-hybridized carbons (Fsp3) is 0.550. The number of benzene rings is 1. The Bertz CT molecular complexity index is 686. The fourth-order valence-corrected chi connectivity index (χ4v) is 4.15. The summed E-state index contributed by atoms with van der Waals surface area (Å²) in [5.41, 5.74) is 1.09. The van der Waals surface area contributed by atoms with Crippen LogP contribution in [0.15, 0.2) is 30.4 Å². The average Bonchev–Trinajstić information content (AvgIpc) is 3.33. The van der Waals surface area contributed by atoms with Gasteiger partial charge in [0.2, 0.25) is 12.7 Å². The van der Waals surface area contributed by atoms with Gasteiger partial charge in [-0.3, -0.25) is 4.79 Å². The van der Waals surface area contributed by atoms with Gasteiger partial charge in [-0.25, -0.2) is 0 Å². The summed E-state index contributed by atoms with van der Waals surface area (Å²) in [5, 5.41) is 0. The first-order valence-corrected chi connectivity index (χ1v) is 9.10. The number of likely N-dealkylation sites (N-methyl/N-ethyl adjacent to an activating group) is 1. The molecule has 1 heterocycles. The quantitative estimate of drug-likeness (QED) is 0.745. The Labute approximate surface area is 149 Å². The zero-order chi connectivity index (χ0) is 17.4. The molecule has 3 aliphatic rings. The molecule has 0 radical (unpaired) electrons. The summed E-state index contributed by atoms with van der Waals surface area (Å²) in [6.45, 7) is 2.52. The van der Waals surface area contributed by atoms with E-state index in [0.717, 1.165) is 43.0 Å². The van der Waals surface area contributed by atoms with Gasteiger partial charge in [0, 0.05) is 25.6 Å². The van der Waals surface area contributed by atoms with Crippen LogP contribution in [0.25, 0.3) is 0 Å². The van der Waals surface area contributed by atoms with E-state index in [1.807, 2.05) is 37.2 Å². The summed E-state index contributed by atoms with van der Waals surface area (Å²) in [5.74, 6) is 3.08. The molecule has 0 N–H and O–H groups in total. The predicted molar refractivity (Wildman–Crippen MR) is 95.4 cm³/mol. The number of nitrogens with zero attached hydrogens (tertiary/aromatic N) is 2. The van der Waals surface area contributed by atoms with Gasteiger partial charge in [0.15, 0.2) is 11.5 Å². The molecule has 1 aromatic carbocycles. The van der Waals surface area contributed by atoms with Crippen LogP contribution in [0.1, 0.15) is 18.4 Å². The standard InChI is InChI=1S/C20H26N2O3/c1-21(2)7-8-22(20(23)17-10-14-3-5-16(17)9-14)12-15-4-6-18-19(11-15)25-13-24-18/h3-6,11,14,16-17H,7-10,12-13H2,1-2H3/t14-,16+,17-/m1/s1. The third-order valence-corrected chi connectivity index (χ3v) is 5.54. The van der Waals surface area contributed by atoms with Crippen LogP contribution in [0.4, 0.5) is 0 Å². The monoisotopic (exact) mass is 342 g/mol. The van der Waals surface area contributed by atoms with Gasteiger partial charge in [-0.05, 0) is 56.5 Å². The molecule has 0 aromatic heterocycles. The molecule has 5 heteroatoms. The van der Waals surface area contributed by atoms with Crippen molar-refractivity contribution in [2.45, 2.75) is 19.4 Å². The summed E-state index contributed by atoms with van der Waals surface area (Å²) in [6, 6.07) is 5.97. The van der Waals surface area contributed by atoms with Gasteiger partial charge in [0.05, 0.1) is 0 Å². The number of carbonyl (C=O) groups excluding carboxylic acids is 1. The number of hydrogen-bond donors (Lipinski definition) is 0. The maximum absolute atomic E-state index is 13.2. The first-order chi connectivity index (χ1) is 12.1. The van der Waals surface area contributed by atoms with E-state index in [1.165, 1.54) is 0 Å². The van der Waals surface area contributed by atoms with Crippen LogP contribution >= 0.6 is 0 Å². The molecular weight excluding hydrogens is 316 g/mol. The molecule has 1 amide bonds. The van der Waals surface area contributed by atoms with Gasteiger partial charge in [-0.2, -0.15) is 0 Å². The molecule has 1 fully saturated rings. The van der Waals surface area contributed by atoms with E-state index in [0.29, 0.717) is 24.3 Å². The Morgan fingerprint density at radius 1 is 1.12 bits per heavy atom. The summed E-state index contributed by atoms with van der Waals surface area (Å²) in [6.07, 6.45) is 6.71. The maximum Gasteiger partial charge on any atom is 0.231 e. The van der Waals surface area contributed by atoms with Gasteiger partial charge in [-0.1, -0.05) is 18.2 Å². The Morgan fingerprint density at radius 2 is 1.96 bits per heavy atom. The number of carbonyl (C=O) groups is 1. The predicted octanol–water partition coefficient (Wildman–Crippen LogP) is 2.52. The number of ether oxygens (including phenoxy) is 2. The molecule has 2 bridgehead atoms. The number of rotatable bonds is 6. The van der Waals surface area contributed by atoms with Gasteiger partial charge in [0.1, 0.15) is 0 Å². The molecule has 1 aromatic rings. The van der Waals surface area contributed by atoms with E-state index in [9.17, 15) is 4.79 Å². The maximum atomic E-state index is 13.2. The minimum Gasteiger partial charge on any atom is -0.454 e. The Kier molecular flexibility index (Phi) is 4.42. The van der Waals surface area contributed by atoms with Crippen molar-refractivity contribution in [3.63, 3.8) is 0 Å². The summed E-state index contributed by atoms with van der Waals surface area (Å²) in [4.78, 5) is 17.4. The van der Waals surface area contributed by atoms with E-state index < -0.39 is 0 Å². The van der Waals surface area contributed by atoms with Crippen LogP contribution in [0, 0.1) is 17.8 Å². The van der Waals surface area contributed by atoms with Crippen molar-refractivity contribution < 1.29 is 14.3 Å². The van der Waals surface area contributed by atoms with Crippen molar-refractivity contribution in [2.24, 2.45) is 17.8 Å². The molecule has 2 aliphatic carbocycles. The SMILES string of the molecule is CN(C)CCN(Cc1ccc2c(c1)OCO2)C(=O)[C@@H]1C[C@@H]2C=C[C@H]1C2. The van der Waals surface area contributed by atoms with Gasteiger partial charge >= 0.3 is 0 Å². The lowest BCUT2D eigenvalue weighted by atomic mass is 9.92. The lowest BCUT2D eigenvalue weighted by Crippen LogP contribution is -2.40. The molecule has 4 rings (SSSR count). The molecule has 3 atom stereocenters. The number of allylic oxidation sites excluding steroid dienone is 2. The molecule has 0 unspecified atom stereocenters. The second kappa shape index (κ2) is 6.71. The average molecular weight is 342 g/mol. The van der Waals surface area contributed by atoms with Crippen molar-refractivity contribution in [3.8, 4) is 11.5 Å². The lowest BCUT2D eigenvalue weighted by molar-refractivity contribution is -0.137. The molecule has 0 spiro atoms. The summed E-state index contributed by atoms with van der Waals surface area (Å²) < 4.78 is 10.9. The first-order valence-electron chi connectivity index (χ1n) is 9.10. The molecule has 1 aliphatic heterocycles. The Balaban J connectivity index is 1.49. The largest absolute Gasteiger partial charge is 0.454 e. The minimum atomic E-state index is 0.158. The van der Waals surface area contributed by atoms with E-state index in [1.54, 1.807) is 0 Å². The van der Waals surface area contributed by atoms with Crippen LogP contribution in [0.5, 0.6) is 11.5 Å². The van der Waals surface area contributed by atoms with Gasteiger partial charge in [-0.15, -0.1) is 0 Å². The lowest BCUT2D eigenvalue weighted by Gasteiger charge is -2.29. The van der Waals surface area contributed by atoms with E-state index in [2.05, 4.69) is 17.1 Å². The van der Waals surface area contributed by atoms with E-state index >= 15 is 0 Å². The van der Waals surface area contributed by atoms with Crippen molar-refractivity contribution in [1.82, 2.24) is 9.80 Å². The fourth-order valence-electron chi connectivity index (χ4n) is 4.15. The minimum absolute atomic E-state index is 0.158. The highest BCUT2D eigenvalue weighted by Gasteiger charge is 2.41. The van der Waals surface area contributed by atoms with Gasteiger partial charge in [0.25, 0.3) is 0 Å². The molecular formula is C20H26N2O3. The summed E-state index contributed by atoms with van der Waals surface area (Å²) in [7, 11) is 4.09. The van der Waals surface area contributed by atoms with Crippen LogP contribution in [-0.4, -0.2) is 49.7 Å². The highest BCUT2D eigenvalue weighted by Crippen LogP contribution is 2.44. The highest BCUT2D eigenvalue weighted by molar-refractivity contribution is 5.80. The van der Waals surface area contributed by atoms with Crippen molar-refractivity contribution in [3.05, 3.63) is 35.9 Å². The van der Waals surface area contributed by atoms with Crippen LogP contribution in [0.3, 0.4) is 0 Å². The Hall–Kier alpha value is -2.01. The second-order valence-corrected chi connectivity index (χ2v) is 7.64. The Morgan fingerprint density at radius 3 is 2.68 bits per heavy atom. The smallest absolute Gasteiger partial charge is 0.231 e.